The SMILES string of the molecule is C=CNS(C)(=O)=O.CCCCC(CC)CNS(C)(=O)=O.CCCCCC.Cc1cccc(C)c1N=c1ccc2c(-c3ccccc3S(=O)(=O)[O-])c3ccc(Nc4c(C)cccc4C)cc3oc-2c1. The van der Waals surface area contributed by atoms with Crippen LogP contribution in [0.25, 0.3) is 33.4 Å². The molecule has 0 fully saturated rings. The minimum Gasteiger partial charge on any atom is -0.744 e. The Kier molecular flexibility index (Phi) is 22.6. The maximum absolute atomic E-state index is 12.3. The molecule has 0 aromatic heterocycles. The van der Waals surface area contributed by atoms with E-state index in [0.717, 1.165) is 64.6 Å². The summed E-state index contributed by atoms with van der Waals surface area (Å²) < 4.78 is 89.8. The summed E-state index contributed by atoms with van der Waals surface area (Å²) in [6.45, 7) is 20.6. The summed E-state index contributed by atoms with van der Waals surface area (Å²) in [6, 6.07) is 29.8. The molecule has 4 aromatic rings. The molecule has 0 radical (unpaired) electrons. The van der Waals surface area contributed by atoms with Gasteiger partial charge in [-0.25, -0.2) is 35.0 Å². The van der Waals surface area contributed by atoms with Gasteiger partial charge in [-0.2, -0.15) is 0 Å². The zero-order chi connectivity index (χ0) is 50.7. The molecule has 1 unspecified atom stereocenters. The number of fused-ring (bicyclic) bond motifs is 2. The van der Waals surface area contributed by atoms with Crippen LogP contribution in [0.15, 0.2) is 124 Å². The van der Waals surface area contributed by atoms with Crippen molar-refractivity contribution < 1.29 is 34.2 Å². The van der Waals surface area contributed by atoms with Crippen molar-refractivity contribution in [1.29, 1.82) is 0 Å². The molecule has 1 aliphatic heterocycles. The van der Waals surface area contributed by atoms with Crippen LogP contribution in [0.1, 0.15) is 101 Å². The van der Waals surface area contributed by atoms with Gasteiger partial charge in [0.25, 0.3) is 0 Å². The number of hydrogen-bond acceptors (Lipinski definition) is 10. The van der Waals surface area contributed by atoms with Crippen molar-refractivity contribution in [2.45, 2.75) is 112 Å². The van der Waals surface area contributed by atoms with Crippen LogP contribution < -0.4 is 20.1 Å². The lowest BCUT2D eigenvalue weighted by Crippen LogP contribution is -2.28. The van der Waals surface area contributed by atoms with Crippen LogP contribution in [0.2, 0.25) is 0 Å². The van der Waals surface area contributed by atoms with Gasteiger partial charge in [0.2, 0.25) is 20.0 Å². The molecule has 12 nitrogen and oxygen atoms in total. The molecule has 6 rings (SSSR count). The second-order valence-corrected chi connectivity index (χ2v) is 21.9. The zero-order valence-corrected chi connectivity index (χ0v) is 43.9. The van der Waals surface area contributed by atoms with Crippen molar-refractivity contribution in [3.8, 4) is 22.5 Å². The zero-order valence-electron chi connectivity index (χ0n) is 41.4. The molecule has 1 aliphatic carbocycles. The van der Waals surface area contributed by atoms with Gasteiger partial charge in [0.05, 0.1) is 28.5 Å². The van der Waals surface area contributed by atoms with Crippen LogP contribution in [0.3, 0.4) is 0 Å². The molecule has 0 saturated heterocycles. The largest absolute Gasteiger partial charge is 0.744 e. The predicted octanol–water partition coefficient (Wildman–Crippen LogP) is 12.3. The first-order valence-corrected chi connectivity index (χ1v) is 28.3. The minimum atomic E-state index is -4.75. The third-order valence-corrected chi connectivity index (χ3v) is 13.2. The number of sulfonamides is 2. The van der Waals surface area contributed by atoms with Gasteiger partial charge in [-0.1, -0.05) is 134 Å². The van der Waals surface area contributed by atoms with Gasteiger partial charge in [0, 0.05) is 58.3 Å². The fourth-order valence-corrected chi connectivity index (χ4v) is 8.86. The van der Waals surface area contributed by atoms with Crippen LogP contribution in [0, 0.1) is 33.6 Å². The van der Waals surface area contributed by atoms with Crippen LogP contribution >= 0.6 is 0 Å². The van der Waals surface area contributed by atoms with Crippen molar-refractivity contribution in [3.05, 3.63) is 137 Å². The summed E-state index contributed by atoms with van der Waals surface area (Å²) in [4.78, 5) is 4.63. The van der Waals surface area contributed by atoms with E-state index in [9.17, 15) is 29.8 Å². The molecule has 2 aliphatic rings. The summed E-state index contributed by atoms with van der Waals surface area (Å²) >= 11 is 0. The molecule has 1 atom stereocenters. The Morgan fingerprint density at radius 1 is 0.691 bits per heavy atom. The molecule has 0 spiro atoms. The molecule has 4 aromatic carbocycles. The van der Waals surface area contributed by atoms with Gasteiger partial charge < -0.3 is 14.3 Å². The molecule has 1 heterocycles. The average Bonchev–Trinajstić information content (AvgIpc) is 3.27. The lowest BCUT2D eigenvalue weighted by molar-refractivity contribution is 0.444. The maximum atomic E-state index is 12.3. The summed E-state index contributed by atoms with van der Waals surface area (Å²) in [5.74, 6) is 1.02. The quantitative estimate of drug-likeness (QED) is 0.0454. The Morgan fingerprint density at radius 2 is 1.28 bits per heavy atom. The molecule has 0 bridgehead atoms. The van der Waals surface area contributed by atoms with Crippen LogP contribution in [0.5, 0.6) is 0 Å². The monoisotopic (exact) mass is 987 g/mol. The van der Waals surface area contributed by atoms with Gasteiger partial charge in [-0.3, -0.25) is 4.72 Å². The Hall–Kier alpha value is -5.32. The Balaban J connectivity index is 0.000000386. The first kappa shape index (κ1) is 57.0. The van der Waals surface area contributed by atoms with Crippen LogP contribution in [0.4, 0.5) is 17.1 Å². The first-order chi connectivity index (χ1) is 32.1. The van der Waals surface area contributed by atoms with Crippen LogP contribution in [-0.4, -0.2) is 48.9 Å². The maximum Gasteiger partial charge on any atom is 0.229 e. The van der Waals surface area contributed by atoms with E-state index in [1.807, 2.05) is 105 Å². The van der Waals surface area contributed by atoms with E-state index in [0.29, 0.717) is 51.2 Å². The van der Waals surface area contributed by atoms with Gasteiger partial charge in [0.1, 0.15) is 21.5 Å². The lowest BCUT2D eigenvalue weighted by atomic mass is 9.93. The molecule has 0 amide bonds. The fraction of sp³-hybridized carbons (Fsp3) is 0.377. The molecule has 0 saturated carbocycles. The topological polar surface area (TPSA) is 187 Å². The van der Waals surface area contributed by atoms with E-state index in [1.54, 1.807) is 18.2 Å². The van der Waals surface area contributed by atoms with Gasteiger partial charge in [-0.05, 0) is 92.6 Å². The summed E-state index contributed by atoms with van der Waals surface area (Å²) in [7, 11) is -10.8. The Morgan fingerprint density at radius 3 is 1.79 bits per heavy atom. The highest BCUT2D eigenvalue weighted by Gasteiger charge is 2.21. The fourth-order valence-electron chi connectivity index (χ4n) is 7.34. The van der Waals surface area contributed by atoms with E-state index >= 15 is 0 Å². The Bertz CT molecular complexity index is 2920. The molecular weight excluding hydrogens is 917 g/mol. The first-order valence-electron chi connectivity index (χ1n) is 23.1. The summed E-state index contributed by atoms with van der Waals surface area (Å²) in [5, 5.41) is 4.89. The van der Waals surface area contributed by atoms with E-state index in [-0.39, 0.29) is 4.90 Å². The molecule has 370 valence electrons. The molecule has 68 heavy (non-hydrogen) atoms. The van der Waals surface area contributed by atoms with Crippen molar-refractivity contribution in [1.82, 2.24) is 9.44 Å². The highest BCUT2D eigenvalue weighted by molar-refractivity contribution is 7.89. The molecule has 3 N–H and O–H groups in total. The number of benzene rings is 5. The number of unbranched alkanes of at least 4 members (excludes halogenated alkanes) is 4. The number of hydrogen-bond donors (Lipinski definition) is 3. The van der Waals surface area contributed by atoms with Crippen molar-refractivity contribution in [2.24, 2.45) is 10.9 Å². The van der Waals surface area contributed by atoms with Gasteiger partial charge >= 0.3 is 0 Å². The Labute approximate surface area is 406 Å². The third-order valence-electron chi connectivity index (χ3n) is 11.0. The van der Waals surface area contributed by atoms with E-state index in [4.69, 9.17) is 9.41 Å². The van der Waals surface area contributed by atoms with Gasteiger partial charge in [0.15, 0.2) is 0 Å². The number of nitrogens with one attached hydrogen (secondary N) is 3. The lowest BCUT2D eigenvalue weighted by Gasteiger charge is -2.20. The highest BCUT2D eigenvalue weighted by Crippen LogP contribution is 2.43. The predicted molar refractivity (Wildman–Crippen MR) is 281 cm³/mol. The van der Waals surface area contributed by atoms with Crippen molar-refractivity contribution in [3.63, 3.8) is 0 Å². The molecule has 15 heteroatoms. The highest BCUT2D eigenvalue weighted by atomic mass is 32.2. The second-order valence-electron chi connectivity index (χ2n) is 16.9. The standard InChI is InChI=1S/C35H30N2O4S.C9H21NO2S.C6H14.C3H7NO2S/c1-21-9-7-10-22(2)34(21)36-25-15-17-27-30(19-25)41-31-20-26(37-35-23(3)11-8-12-24(35)4)16-18-28(31)33(27)29-13-5-6-14-32(29)42(38,39)40;1-4-6-7-9(5-2)8-10-13(3,11)12;1-3-5-6-4-2;1-3-4-7(2,5)6/h5-20,36H,1-4H3,(H,38,39,40);9-10H,4-8H2,1-3H3;3-6H2,1-2H3;3-4H,1H2,2H3/p-1. The second kappa shape index (κ2) is 27.0. The summed E-state index contributed by atoms with van der Waals surface area (Å²) in [5.41, 5.74) is 9.20. The smallest absolute Gasteiger partial charge is 0.229 e. The number of rotatable bonds is 17. The van der Waals surface area contributed by atoms with E-state index in [2.05, 4.69) is 44.3 Å². The third kappa shape index (κ3) is 18.3. The molecular formula is C53H71N4O8S3-. The number of para-hydroxylation sites is 2. The number of anilines is 2. The number of nitrogens with zero attached hydrogens (tertiary/aromatic N) is 1. The van der Waals surface area contributed by atoms with E-state index < -0.39 is 30.2 Å². The van der Waals surface area contributed by atoms with Crippen molar-refractivity contribution >= 4 is 58.2 Å². The van der Waals surface area contributed by atoms with Gasteiger partial charge in [-0.15, -0.1) is 0 Å². The van der Waals surface area contributed by atoms with Crippen molar-refractivity contribution in [2.75, 3.05) is 24.4 Å². The van der Waals surface area contributed by atoms with Crippen LogP contribution in [-0.2, 0) is 30.2 Å². The normalized spacial score (nSPS) is 12.2. The minimum absolute atomic E-state index is 0.277. The van der Waals surface area contributed by atoms with E-state index in [1.165, 1.54) is 50.8 Å². The number of aryl methyl sites for hydroxylation is 4. The average molecular weight is 988 g/mol. The summed E-state index contributed by atoms with van der Waals surface area (Å²) in [6.07, 6.45) is 13.5.